The number of hydrogen-bond acceptors (Lipinski definition) is 2. The smallest absolute Gasteiger partial charge is 0.258 e. The number of amides is 2. The monoisotopic (exact) mass is 326 g/mol. The number of hydrogen-bond donors (Lipinski definition) is 0. The Morgan fingerprint density at radius 3 is 2.50 bits per heavy atom. The van der Waals surface area contributed by atoms with E-state index in [1.807, 2.05) is 19.1 Å². The summed E-state index contributed by atoms with van der Waals surface area (Å²) < 4.78 is 13.1. The van der Waals surface area contributed by atoms with E-state index in [9.17, 15) is 14.0 Å². The number of anilines is 2. The minimum atomic E-state index is -0.330. The minimum absolute atomic E-state index is 0.00863. The summed E-state index contributed by atoms with van der Waals surface area (Å²) in [6.45, 7) is 4.56. The molecular formula is C19H19FN2O2. The maximum atomic E-state index is 13.1. The van der Waals surface area contributed by atoms with Crippen LogP contribution in [-0.4, -0.2) is 24.9 Å². The molecule has 0 saturated heterocycles. The van der Waals surface area contributed by atoms with Gasteiger partial charge in [0.2, 0.25) is 5.91 Å². The molecular weight excluding hydrogens is 307 g/mol. The Morgan fingerprint density at radius 1 is 1.17 bits per heavy atom. The Bertz CT molecular complexity index is 786. The number of nitrogens with zero attached hydrogens (tertiary/aromatic N) is 2. The molecule has 0 unspecified atom stereocenters. The van der Waals surface area contributed by atoms with Gasteiger partial charge in [0.1, 0.15) is 5.82 Å². The van der Waals surface area contributed by atoms with Gasteiger partial charge < -0.3 is 9.80 Å². The average molecular weight is 326 g/mol. The second kappa shape index (κ2) is 6.43. The van der Waals surface area contributed by atoms with E-state index in [-0.39, 0.29) is 17.6 Å². The molecule has 1 aliphatic heterocycles. The number of halogens is 1. The number of rotatable bonds is 3. The lowest BCUT2D eigenvalue weighted by atomic mass is 10.1. The van der Waals surface area contributed by atoms with Gasteiger partial charge in [-0.3, -0.25) is 9.59 Å². The van der Waals surface area contributed by atoms with Crippen LogP contribution in [0.1, 0.15) is 29.8 Å². The van der Waals surface area contributed by atoms with Gasteiger partial charge >= 0.3 is 0 Å². The van der Waals surface area contributed by atoms with Gasteiger partial charge in [0, 0.05) is 37.0 Å². The van der Waals surface area contributed by atoms with Crippen LogP contribution in [0.15, 0.2) is 42.5 Å². The SMILES string of the molecule is CCN(C(=O)c1ccc2c(c1)CCN2C(C)=O)c1ccc(F)cc1. The zero-order valence-corrected chi connectivity index (χ0v) is 13.8. The van der Waals surface area contributed by atoms with E-state index in [4.69, 9.17) is 0 Å². The van der Waals surface area contributed by atoms with Crippen molar-refractivity contribution in [1.29, 1.82) is 0 Å². The van der Waals surface area contributed by atoms with Crippen molar-refractivity contribution in [1.82, 2.24) is 0 Å². The summed E-state index contributed by atoms with van der Waals surface area (Å²) in [5, 5.41) is 0. The molecule has 124 valence electrons. The largest absolute Gasteiger partial charge is 0.312 e. The van der Waals surface area contributed by atoms with Gasteiger partial charge in [0.05, 0.1) is 0 Å². The Morgan fingerprint density at radius 2 is 1.88 bits per heavy atom. The molecule has 1 aliphatic rings. The van der Waals surface area contributed by atoms with Gasteiger partial charge in [-0.2, -0.15) is 0 Å². The summed E-state index contributed by atoms with van der Waals surface area (Å²) in [5.41, 5.74) is 3.12. The number of fused-ring (bicyclic) bond motifs is 1. The van der Waals surface area contributed by atoms with Crippen LogP contribution >= 0.6 is 0 Å². The lowest BCUT2D eigenvalue weighted by Crippen LogP contribution is -2.30. The van der Waals surface area contributed by atoms with Crippen LogP contribution in [0, 0.1) is 5.82 Å². The van der Waals surface area contributed by atoms with E-state index >= 15 is 0 Å². The van der Waals surface area contributed by atoms with Crippen LogP contribution in [0.5, 0.6) is 0 Å². The fourth-order valence-corrected chi connectivity index (χ4v) is 3.08. The highest BCUT2D eigenvalue weighted by atomic mass is 19.1. The van der Waals surface area contributed by atoms with Crippen molar-refractivity contribution in [2.24, 2.45) is 0 Å². The molecule has 24 heavy (non-hydrogen) atoms. The van der Waals surface area contributed by atoms with Gasteiger partial charge in [-0.25, -0.2) is 4.39 Å². The highest BCUT2D eigenvalue weighted by molar-refractivity contribution is 6.07. The van der Waals surface area contributed by atoms with E-state index in [0.717, 1.165) is 17.7 Å². The van der Waals surface area contributed by atoms with E-state index in [1.54, 1.807) is 34.9 Å². The van der Waals surface area contributed by atoms with E-state index < -0.39 is 0 Å². The quantitative estimate of drug-likeness (QED) is 0.867. The zero-order chi connectivity index (χ0) is 17.3. The van der Waals surface area contributed by atoms with Gasteiger partial charge in [-0.1, -0.05) is 0 Å². The fraction of sp³-hybridized carbons (Fsp3) is 0.263. The topological polar surface area (TPSA) is 40.6 Å². The maximum Gasteiger partial charge on any atom is 0.258 e. The molecule has 0 aliphatic carbocycles. The van der Waals surface area contributed by atoms with Crippen molar-refractivity contribution in [3.8, 4) is 0 Å². The number of carbonyl (C=O) groups excluding carboxylic acids is 2. The van der Waals surface area contributed by atoms with Crippen molar-refractivity contribution in [3.05, 3.63) is 59.4 Å². The van der Waals surface area contributed by atoms with Gasteiger partial charge in [0.25, 0.3) is 5.91 Å². The molecule has 0 spiro atoms. The van der Waals surface area contributed by atoms with Crippen molar-refractivity contribution in [3.63, 3.8) is 0 Å². The lowest BCUT2D eigenvalue weighted by Gasteiger charge is -2.22. The van der Waals surface area contributed by atoms with Crippen LogP contribution < -0.4 is 9.80 Å². The van der Waals surface area contributed by atoms with Crippen molar-refractivity contribution < 1.29 is 14.0 Å². The summed E-state index contributed by atoms with van der Waals surface area (Å²) in [4.78, 5) is 27.8. The average Bonchev–Trinajstić information content (AvgIpc) is 3.00. The Kier molecular flexibility index (Phi) is 4.34. The summed E-state index contributed by atoms with van der Waals surface area (Å²) in [5.74, 6) is -0.452. The Labute approximate surface area is 140 Å². The second-order valence-electron chi connectivity index (χ2n) is 5.79. The molecule has 2 aromatic carbocycles. The first-order chi connectivity index (χ1) is 11.5. The predicted octanol–water partition coefficient (Wildman–Crippen LogP) is 3.40. The highest BCUT2D eigenvalue weighted by Gasteiger charge is 2.24. The molecule has 0 fully saturated rings. The molecule has 1 heterocycles. The molecule has 2 aromatic rings. The van der Waals surface area contributed by atoms with Crippen molar-refractivity contribution in [2.45, 2.75) is 20.3 Å². The second-order valence-corrected chi connectivity index (χ2v) is 5.79. The number of carbonyl (C=O) groups is 2. The normalized spacial score (nSPS) is 12.9. The molecule has 3 rings (SSSR count). The zero-order valence-electron chi connectivity index (χ0n) is 13.8. The van der Waals surface area contributed by atoms with Crippen molar-refractivity contribution >= 4 is 23.2 Å². The van der Waals surface area contributed by atoms with E-state index in [0.29, 0.717) is 24.3 Å². The van der Waals surface area contributed by atoms with Crippen LogP contribution in [0.3, 0.4) is 0 Å². The summed E-state index contributed by atoms with van der Waals surface area (Å²) >= 11 is 0. The van der Waals surface area contributed by atoms with Gasteiger partial charge in [-0.05, 0) is 61.4 Å². The Balaban J connectivity index is 1.89. The van der Waals surface area contributed by atoms with Crippen molar-refractivity contribution in [2.75, 3.05) is 22.9 Å². The third kappa shape index (κ3) is 2.89. The molecule has 0 saturated carbocycles. The first-order valence-electron chi connectivity index (χ1n) is 7.99. The third-order valence-corrected chi connectivity index (χ3v) is 4.30. The summed E-state index contributed by atoms with van der Waals surface area (Å²) in [6.07, 6.45) is 0.749. The predicted molar refractivity (Wildman–Crippen MR) is 91.9 cm³/mol. The van der Waals surface area contributed by atoms with Crippen LogP contribution in [-0.2, 0) is 11.2 Å². The maximum absolute atomic E-state index is 13.1. The molecule has 5 heteroatoms. The molecule has 0 aromatic heterocycles. The molecule has 0 atom stereocenters. The minimum Gasteiger partial charge on any atom is -0.312 e. The van der Waals surface area contributed by atoms with Crippen LogP contribution in [0.4, 0.5) is 15.8 Å². The Hall–Kier alpha value is -2.69. The van der Waals surface area contributed by atoms with Gasteiger partial charge in [0.15, 0.2) is 0 Å². The molecule has 0 radical (unpaired) electrons. The first-order valence-corrected chi connectivity index (χ1v) is 7.99. The molecule has 4 nitrogen and oxygen atoms in total. The highest BCUT2D eigenvalue weighted by Crippen LogP contribution is 2.29. The standard InChI is InChI=1S/C19H19FN2O2/c1-3-21(17-7-5-16(20)6-8-17)19(24)15-4-9-18-14(12-15)10-11-22(18)13(2)23/h4-9,12H,3,10-11H2,1-2H3. The summed E-state index contributed by atoms with van der Waals surface area (Å²) in [6, 6.07) is 11.3. The van der Waals surface area contributed by atoms with E-state index in [1.165, 1.54) is 12.1 Å². The fourth-order valence-electron chi connectivity index (χ4n) is 3.08. The lowest BCUT2D eigenvalue weighted by molar-refractivity contribution is -0.116. The summed E-state index contributed by atoms with van der Waals surface area (Å²) in [7, 11) is 0. The van der Waals surface area contributed by atoms with Crippen LogP contribution in [0.2, 0.25) is 0 Å². The molecule has 0 N–H and O–H groups in total. The molecule has 0 bridgehead atoms. The molecule has 2 amide bonds. The third-order valence-electron chi connectivity index (χ3n) is 4.30. The number of benzene rings is 2. The first kappa shape index (κ1) is 16.2. The van der Waals surface area contributed by atoms with E-state index in [2.05, 4.69) is 0 Å². The van der Waals surface area contributed by atoms with Gasteiger partial charge in [-0.15, -0.1) is 0 Å². The van der Waals surface area contributed by atoms with Crippen LogP contribution in [0.25, 0.3) is 0 Å².